The van der Waals surface area contributed by atoms with Crippen LogP contribution in [0.5, 0.6) is 11.5 Å². The van der Waals surface area contributed by atoms with Crippen LogP contribution in [0.4, 0.5) is 0 Å². The summed E-state index contributed by atoms with van der Waals surface area (Å²) in [6.45, 7) is 0.417. The van der Waals surface area contributed by atoms with Gasteiger partial charge in [-0.15, -0.1) is 11.3 Å². The van der Waals surface area contributed by atoms with Gasteiger partial charge in [-0.1, -0.05) is 6.07 Å². The lowest BCUT2D eigenvalue weighted by atomic mass is 10.1. The van der Waals surface area contributed by atoms with Crippen molar-refractivity contribution in [3.8, 4) is 11.5 Å². The van der Waals surface area contributed by atoms with Crippen LogP contribution in [0.2, 0.25) is 0 Å². The van der Waals surface area contributed by atoms with E-state index in [1.807, 2.05) is 6.07 Å². The predicted molar refractivity (Wildman–Crippen MR) is 109 cm³/mol. The van der Waals surface area contributed by atoms with Gasteiger partial charge >= 0.3 is 0 Å². The highest BCUT2D eigenvalue weighted by molar-refractivity contribution is 7.97. The molecule has 1 saturated heterocycles. The molecular weight excluding hydrogens is 422 g/mol. The standard InChI is InChI=1S/C18H23NO6S3/c1-24-14-5-6-16(25-2)13(10-14)7-8-19-15-11-27(20,21)12-17(15)28(22,23)18-4-3-9-26-18/h3-6,9-10,15,17,19H,7-8,11-12H2,1-2H3/t15-,17-/m0/s1. The predicted octanol–water partition coefficient (Wildman–Crippen LogP) is 1.54. The molecule has 0 saturated carbocycles. The lowest BCUT2D eigenvalue weighted by Gasteiger charge is -2.19. The molecule has 28 heavy (non-hydrogen) atoms. The Labute approximate surface area is 169 Å². The summed E-state index contributed by atoms with van der Waals surface area (Å²) in [6.07, 6.45) is 0.544. The molecule has 1 aliphatic rings. The number of rotatable bonds is 8. The highest BCUT2D eigenvalue weighted by Gasteiger charge is 2.45. The third-order valence-corrected chi connectivity index (χ3v) is 10.3. The first-order valence-electron chi connectivity index (χ1n) is 8.69. The van der Waals surface area contributed by atoms with Crippen molar-refractivity contribution in [2.24, 2.45) is 0 Å². The molecule has 1 fully saturated rings. The summed E-state index contributed by atoms with van der Waals surface area (Å²) in [4.78, 5) is 0. The van der Waals surface area contributed by atoms with Crippen molar-refractivity contribution in [3.63, 3.8) is 0 Å². The molecule has 1 aromatic heterocycles. The van der Waals surface area contributed by atoms with Gasteiger partial charge in [-0.3, -0.25) is 0 Å². The minimum absolute atomic E-state index is 0.183. The summed E-state index contributed by atoms with van der Waals surface area (Å²) < 4.78 is 60.8. The van der Waals surface area contributed by atoms with E-state index in [0.717, 1.165) is 16.9 Å². The van der Waals surface area contributed by atoms with Crippen molar-refractivity contribution >= 4 is 31.0 Å². The number of ether oxygens (including phenoxy) is 2. The summed E-state index contributed by atoms with van der Waals surface area (Å²) in [6, 6.07) is 7.97. The molecule has 3 rings (SSSR count). The molecule has 2 atom stereocenters. The Hall–Kier alpha value is -1.62. The van der Waals surface area contributed by atoms with E-state index in [2.05, 4.69) is 5.32 Å². The van der Waals surface area contributed by atoms with Gasteiger partial charge in [0.2, 0.25) is 0 Å². The van der Waals surface area contributed by atoms with E-state index >= 15 is 0 Å². The van der Waals surface area contributed by atoms with E-state index in [-0.39, 0.29) is 15.7 Å². The molecule has 2 heterocycles. The van der Waals surface area contributed by atoms with Gasteiger partial charge in [-0.2, -0.15) is 0 Å². The molecule has 0 unspecified atom stereocenters. The average molecular weight is 446 g/mol. The third kappa shape index (κ3) is 4.51. The molecule has 1 aliphatic heterocycles. The Morgan fingerprint density at radius 1 is 1.18 bits per heavy atom. The Bertz CT molecular complexity index is 1020. The number of nitrogens with one attached hydrogen (secondary N) is 1. The van der Waals surface area contributed by atoms with Crippen LogP contribution in [0.15, 0.2) is 39.9 Å². The van der Waals surface area contributed by atoms with Crippen molar-refractivity contribution < 1.29 is 26.3 Å². The van der Waals surface area contributed by atoms with Crippen molar-refractivity contribution in [3.05, 3.63) is 41.3 Å². The highest BCUT2D eigenvalue weighted by Crippen LogP contribution is 2.29. The molecule has 1 N–H and O–H groups in total. The minimum atomic E-state index is -3.70. The highest BCUT2D eigenvalue weighted by atomic mass is 32.2. The third-order valence-electron chi connectivity index (χ3n) is 4.76. The smallest absolute Gasteiger partial charge is 0.193 e. The van der Waals surface area contributed by atoms with Gasteiger partial charge < -0.3 is 14.8 Å². The van der Waals surface area contributed by atoms with Gasteiger partial charge in [0.25, 0.3) is 0 Å². The van der Waals surface area contributed by atoms with Crippen LogP contribution in [0, 0.1) is 0 Å². The molecule has 10 heteroatoms. The van der Waals surface area contributed by atoms with E-state index in [1.54, 1.807) is 37.8 Å². The second kappa shape index (κ2) is 8.40. The lowest BCUT2D eigenvalue weighted by Crippen LogP contribution is -2.43. The van der Waals surface area contributed by atoms with Crippen LogP contribution < -0.4 is 14.8 Å². The van der Waals surface area contributed by atoms with E-state index in [1.165, 1.54) is 6.07 Å². The molecule has 0 radical (unpaired) electrons. The van der Waals surface area contributed by atoms with Gasteiger partial charge in [0.1, 0.15) is 15.7 Å². The summed E-state index contributed by atoms with van der Waals surface area (Å²) in [5.74, 6) is 0.854. The SMILES string of the molecule is COc1ccc(OC)c(CCN[C@H]2CS(=O)(=O)C[C@@H]2S(=O)(=O)c2cccs2)c1. The normalized spacial score (nSPS) is 21.5. The first kappa shape index (κ1) is 21.1. The van der Waals surface area contributed by atoms with Gasteiger partial charge in [0, 0.05) is 6.04 Å². The Kier molecular flexibility index (Phi) is 6.33. The first-order valence-corrected chi connectivity index (χ1v) is 12.9. The molecule has 7 nitrogen and oxygen atoms in total. The molecule has 0 aliphatic carbocycles. The number of benzene rings is 1. The Morgan fingerprint density at radius 3 is 2.61 bits per heavy atom. The first-order chi connectivity index (χ1) is 13.3. The van der Waals surface area contributed by atoms with Crippen LogP contribution >= 0.6 is 11.3 Å². The average Bonchev–Trinajstić information content (AvgIpc) is 3.30. The maximum atomic E-state index is 12.9. The van der Waals surface area contributed by atoms with E-state index < -0.39 is 31.0 Å². The second-order valence-corrected chi connectivity index (χ2v) is 12.1. The number of methoxy groups -OCH3 is 2. The Morgan fingerprint density at radius 2 is 1.96 bits per heavy atom. The number of sulfone groups is 2. The fourth-order valence-electron chi connectivity index (χ4n) is 3.36. The monoisotopic (exact) mass is 445 g/mol. The van der Waals surface area contributed by atoms with Crippen molar-refractivity contribution in [1.82, 2.24) is 5.32 Å². The summed E-state index contributed by atoms with van der Waals surface area (Å²) >= 11 is 1.11. The van der Waals surface area contributed by atoms with Gasteiger partial charge in [-0.05, 0) is 48.2 Å². The summed E-state index contributed by atoms with van der Waals surface area (Å²) in [5, 5.41) is 3.83. The van der Waals surface area contributed by atoms with Crippen molar-refractivity contribution in [2.45, 2.75) is 21.9 Å². The molecule has 0 amide bonds. The summed E-state index contributed by atoms with van der Waals surface area (Å²) in [7, 11) is -3.97. The zero-order valence-electron chi connectivity index (χ0n) is 15.6. The number of hydrogen-bond donors (Lipinski definition) is 1. The largest absolute Gasteiger partial charge is 0.497 e. The molecule has 1 aromatic carbocycles. The van der Waals surface area contributed by atoms with Crippen molar-refractivity contribution in [2.75, 3.05) is 32.3 Å². The lowest BCUT2D eigenvalue weighted by molar-refractivity contribution is 0.398. The maximum absolute atomic E-state index is 12.9. The Balaban J connectivity index is 1.74. The zero-order chi connectivity index (χ0) is 20.4. The van der Waals surface area contributed by atoms with Crippen LogP contribution in [-0.4, -0.2) is 60.4 Å². The van der Waals surface area contributed by atoms with E-state index in [0.29, 0.717) is 24.5 Å². The molecular formula is C18H23NO6S3. The quantitative estimate of drug-likeness (QED) is 0.658. The minimum Gasteiger partial charge on any atom is -0.497 e. The molecule has 0 bridgehead atoms. The molecule has 2 aromatic rings. The van der Waals surface area contributed by atoms with Crippen LogP contribution in [0.25, 0.3) is 0 Å². The van der Waals surface area contributed by atoms with Crippen LogP contribution in [-0.2, 0) is 26.1 Å². The summed E-state index contributed by atoms with van der Waals surface area (Å²) in [5.41, 5.74) is 0.896. The number of thiophene rings is 1. The van der Waals surface area contributed by atoms with Gasteiger partial charge in [-0.25, -0.2) is 16.8 Å². The molecule has 0 spiro atoms. The topological polar surface area (TPSA) is 98.8 Å². The second-order valence-electron chi connectivity index (χ2n) is 6.58. The molecule has 154 valence electrons. The van der Waals surface area contributed by atoms with E-state index in [9.17, 15) is 16.8 Å². The van der Waals surface area contributed by atoms with Crippen LogP contribution in [0.3, 0.4) is 0 Å². The number of hydrogen-bond acceptors (Lipinski definition) is 8. The fourth-order valence-corrected chi connectivity index (χ4v) is 9.30. The zero-order valence-corrected chi connectivity index (χ0v) is 18.1. The van der Waals surface area contributed by atoms with Crippen molar-refractivity contribution in [1.29, 1.82) is 0 Å². The van der Waals surface area contributed by atoms with Gasteiger partial charge in [0.15, 0.2) is 19.7 Å². The fraction of sp³-hybridized carbons (Fsp3) is 0.444. The van der Waals surface area contributed by atoms with Crippen LogP contribution in [0.1, 0.15) is 5.56 Å². The van der Waals surface area contributed by atoms with E-state index in [4.69, 9.17) is 9.47 Å². The van der Waals surface area contributed by atoms with Gasteiger partial charge in [0.05, 0.1) is 31.0 Å². The maximum Gasteiger partial charge on any atom is 0.193 e.